The molecule has 1 saturated heterocycles. The van der Waals surface area contributed by atoms with Gasteiger partial charge in [-0.2, -0.15) is 0 Å². The zero-order chi connectivity index (χ0) is 14.4. The fraction of sp³-hybridized carbons (Fsp3) is 0.316. The molecule has 106 valence electrons. The number of hydrogen-bond acceptors (Lipinski definition) is 2. The van der Waals surface area contributed by atoms with Crippen molar-refractivity contribution in [2.45, 2.75) is 19.8 Å². The molecule has 1 aliphatic heterocycles. The first kappa shape index (κ1) is 12.6. The maximum absolute atomic E-state index is 12.3. The highest BCUT2D eigenvalue weighted by atomic mass is 16.5. The smallest absolute Gasteiger partial charge is 0.313 e. The summed E-state index contributed by atoms with van der Waals surface area (Å²) >= 11 is 0. The molecule has 0 bridgehead atoms. The van der Waals surface area contributed by atoms with Gasteiger partial charge in [0.15, 0.2) is 0 Å². The molecule has 2 aromatic carbocycles. The monoisotopic (exact) mass is 278 g/mol. The van der Waals surface area contributed by atoms with Gasteiger partial charge in [0, 0.05) is 5.92 Å². The molecule has 0 spiro atoms. The van der Waals surface area contributed by atoms with Gasteiger partial charge < -0.3 is 4.74 Å². The van der Waals surface area contributed by atoms with Gasteiger partial charge in [0.1, 0.15) is 0 Å². The van der Waals surface area contributed by atoms with Gasteiger partial charge in [-0.1, -0.05) is 54.1 Å². The standard InChI is InChI=1S/C19H18O2/c1-13-8-17-12-21-18(20)19(17,10-13)11-14-6-7-15-4-2-3-5-16(15)9-14/h2-9,17H,10-12H2,1H3/t17-,19+/m1/s1. The van der Waals surface area contributed by atoms with Crippen molar-refractivity contribution >= 4 is 16.7 Å². The Kier molecular flexibility index (Phi) is 2.68. The van der Waals surface area contributed by atoms with E-state index in [1.165, 1.54) is 21.9 Å². The number of benzene rings is 2. The summed E-state index contributed by atoms with van der Waals surface area (Å²) < 4.78 is 5.35. The topological polar surface area (TPSA) is 26.3 Å². The lowest BCUT2D eigenvalue weighted by molar-refractivity contribution is -0.146. The van der Waals surface area contributed by atoms with E-state index in [2.05, 4.69) is 55.5 Å². The second kappa shape index (κ2) is 4.45. The molecule has 0 N–H and O–H groups in total. The normalized spacial score (nSPS) is 27.6. The number of carbonyl (C=O) groups excluding carboxylic acids is 1. The van der Waals surface area contributed by atoms with Crippen LogP contribution in [-0.2, 0) is 16.0 Å². The van der Waals surface area contributed by atoms with Crippen molar-refractivity contribution in [1.29, 1.82) is 0 Å². The predicted octanol–water partition coefficient (Wildman–Crippen LogP) is 3.89. The fourth-order valence-electron chi connectivity index (χ4n) is 3.91. The molecule has 0 amide bonds. The van der Waals surface area contributed by atoms with Gasteiger partial charge in [0.05, 0.1) is 12.0 Å². The van der Waals surface area contributed by atoms with Gasteiger partial charge in [-0.3, -0.25) is 4.79 Å². The van der Waals surface area contributed by atoms with Gasteiger partial charge in [0.2, 0.25) is 0 Å². The number of ether oxygens (including phenoxy) is 1. The van der Waals surface area contributed by atoms with Crippen LogP contribution in [0.2, 0.25) is 0 Å². The van der Waals surface area contributed by atoms with E-state index in [1.54, 1.807) is 0 Å². The average Bonchev–Trinajstić information content (AvgIpc) is 2.94. The van der Waals surface area contributed by atoms with Crippen LogP contribution in [-0.4, -0.2) is 12.6 Å². The summed E-state index contributed by atoms with van der Waals surface area (Å²) in [4.78, 5) is 12.3. The second-order valence-corrected chi connectivity index (χ2v) is 6.41. The Morgan fingerprint density at radius 1 is 1.19 bits per heavy atom. The second-order valence-electron chi connectivity index (χ2n) is 6.41. The number of fused-ring (bicyclic) bond motifs is 2. The third kappa shape index (κ3) is 1.90. The van der Waals surface area contributed by atoms with E-state index in [-0.39, 0.29) is 17.3 Å². The molecule has 2 aromatic rings. The van der Waals surface area contributed by atoms with Crippen molar-refractivity contribution in [3.05, 3.63) is 59.7 Å². The molecule has 0 radical (unpaired) electrons. The summed E-state index contributed by atoms with van der Waals surface area (Å²) in [6.45, 7) is 2.66. The maximum Gasteiger partial charge on any atom is 0.313 e. The Hall–Kier alpha value is -2.09. The molecule has 0 aromatic heterocycles. The minimum Gasteiger partial charge on any atom is -0.465 e. The molecule has 1 heterocycles. The van der Waals surface area contributed by atoms with E-state index in [0.29, 0.717) is 6.61 Å². The molecule has 0 saturated carbocycles. The minimum atomic E-state index is -0.355. The highest BCUT2D eigenvalue weighted by Gasteiger charge is 2.54. The Balaban J connectivity index is 1.72. The molecule has 1 aliphatic carbocycles. The first-order chi connectivity index (χ1) is 10.2. The van der Waals surface area contributed by atoms with Crippen molar-refractivity contribution in [1.82, 2.24) is 0 Å². The molecular weight excluding hydrogens is 260 g/mol. The van der Waals surface area contributed by atoms with Crippen LogP contribution in [0.3, 0.4) is 0 Å². The minimum absolute atomic E-state index is 0.0197. The summed E-state index contributed by atoms with van der Waals surface area (Å²) in [5.41, 5.74) is 2.19. The molecule has 0 unspecified atom stereocenters. The number of hydrogen-bond donors (Lipinski definition) is 0. The maximum atomic E-state index is 12.3. The number of esters is 1. The molecule has 4 rings (SSSR count). The third-order valence-corrected chi connectivity index (χ3v) is 4.92. The zero-order valence-electron chi connectivity index (χ0n) is 12.1. The molecule has 2 aliphatic rings. The van der Waals surface area contributed by atoms with Crippen LogP contribution in [0.15, 0.2) is 54.1 Å². The lowest BCUT2D eigenvalue weighted by Crippen LogP contribution is -2.32. The Morgan fingerprint density at radius 3 is 2.86 bits per heavy atom. The first-order valence-electron chi connectivity index (χ1n) is 7.50. The molecular formula is C19H18O2. The molecule has 2 heteroatoms. The van der Waals surface area contributed by atoms with Gasteiger partial charge >= 0.3 is 5.97 Å². The van der Waals surface area contributed by atoms with Gasteiger partial charge in [-0.25, -0.2) is 0 Å². The van der Waals surface area contributed by atoms with Crippen molar-refractivity contribution in [3.63, 3.8) is 0 Å². The summed E-state index contributed by atoms with van der Waals surface area (Å²) in [5.74, 6) is 0.227. The van der Waals surface area contributed by atoms with Crippen molar-refractivity contribution in [2.24, 2.45) is 11.3 Å². The Morgan fingerprint density at radius 2 is 2.00 bits per heavy atom. The molecule has 2 nitrogen and oxygen atoms in total. The van der Waals surface area contributed by atoms with E-state index >= 15 is 0 Å². The zero-order valence-corrected chi connectivity index (χ0v) is 12.1. The summed E-state index contributed by atoms with van der Waals surface area (Å²) in [7, 11) is 0. The molecule has 1 fully saturated rings. The molecule has 21 heavy (non-hydrogen) atoms. The Bertz CT molecular complexity index is 759. The van der Waals surface area contributed by atoms with Crippen LogP contribution in [0.4, 0.5) is 0 Å². The van der Waals surface area contributed by atoms with E-state index in [1.807, 2.05) is 0 Å². The van der Waals surface area contributed by atoms with Crippen molar-refractivity contribution < 1.29 is 9.53 Å². The summed E-state index contributed by atoms with van der Waals surface area (Å²) in [6, 6.07) is 14.8. The van der Waals surface area contributed by atoms with Crippen LogP contribution >= 0.6 is 0 Å². The van der Waals surface area contributed by atoms with Crippen LogP contribution in [0, 0.1) is 11.3 Å². The lowest BCUT2D eigenvalue weighted by atomic mass is 9.74. The van der Waals surface area contributed by atoms with Crippen LogP contribution in [0.25, 0.3) is 10.8 Å². The number of cyclic esters (lactones) is 1. The fourth-order valence-corrected chi connectivity index (χ4v) is 3.91. The van der Waals surface area contributed by atoms with Crippen LogP contribution in [0.1, 0.15) is 18.9 Å². The Labute approximate surface area is 124 Å². The van der Waals surface area contributed by atoms with Gasteiger partial charge in [0.25, 0.3) is 0 Å². The lowest BCUT2D eigenvalue weighted by Gasteiger charge is -2.25. The van der Waals surface area contributed by atoms with Crippen molar-refractivity contribution in [3.8, 4) is 0 Å². The van der Waals surface area contributed by atoms with Gasteiger partial charge in [-0.15, -0.1) is 0 Å². The average molecular weight is 278 g/mol. The molecule has 2 atom stereocenters. The summed E-state index contributed by atoms with van der Waals surface area (Å²) in [5, 5.41) is 2.47. The highest BCUT2D eigenvalue weighted by Crippen LogP contribution is 2.49. The third-order valence-electron chi connectivity index (χ3n) is 4.92. The first-order valence-corrected chi connectivity index (χ1v) is 7.50. The van der Waals surface area contributed by atoms with E-state index in [0.717, 1.165) is 12.8 Å². The van der Waals surface area contributed by atoms with Crippen LogP contribution in [0.5, 0.6) is 0 Å². The van der Waals surface area contributed by atoms with Crippen LogP contribution < -0.4 is 0 Å². The number of allylic oxidation sites excluding steroid dienone is 1. The van der Waals surface area contributed by atoms with Gasteiger partial charge in [-0.05, 0) is 36.1 Å². The van der Waals surface area contributed by atoms with E-state index in [4.69, 9.17) is 4.74 Å². The number of carbonyl (C=O) groups is 1. The van der Waals surface area contributed by atoms with E-state index < -0.39 is 0 Å². The largest absolute Gasteiger partial charge is 0.465 e. The SMILES string of the molecule is CC1=C[C@@H]2COC(=O)[C@]2(Cc2ccc3ccccc3c2)C1. The quantitative estimate of drug-likeness (QED) is 0.615. The summed E-state index contributed by atoms with van der Waals surface area (Å²) in [6.07, 6.45) is 3.84. The van der Waals surface area contributed by atoms with E-state index in [9.17, 15) is 4.79 Å². The highest BCUT2D eigenvalue weighted by molar-refractivity contribution is 5.84. The predicted molar refractivity (Wildman–Crippen MR) is 82.9 cm³/mol. The number of rotatable bonds is 2. The van der Waals surface area contributed by atoms with Crippen molar-refractivity contribution in [2.75, 3.05) is 6.61 Å².